The molecule has 0 amide bonds. The average Bonchev–Trinajstić information content (AvgIpc) is 2.90. The normalized spacial score (nSPS) is 10.7. The van der Waals surface area contributed by atoms with Crippen molar-refractivity contribution in [2.24, 2.45) is 0 Å². The quantitative estimate of drug-likeness (QED) is 0.765. The first-order chi connectivity index (χ1) is 9.86. The molecule has 20 heavy (non-hydrogen) atoms. The van der Waals surface area contributed by atoms with Gasteiger partial charge in [0.25, 0.3) is 5.88 Å². The molecule has 0 saturated heterocycles. The molecular formula is C14H15N5O. The Kier molecular flexibility index (Phi) is 3.45. The van der Waals surface area contributed by atoms with Crippen molar-refractivity contribution in [1.29, 1.82) is 0 Å². The van der Waals surface area contributed by atoms with Crippen LogP contribution in [0, 0.1) is 0 Å². The maximum atomic E-state index is 5.14. The summed E-state index contributed by atoms with van der Waals surface area (Å²) in [6, 6.07) is 5.96. The Balaban J connectivity index is 1.65. The summed E-state index contributed by atoms with van der Waals surface area (Å²) in [5, 5.41) is 3.21. The van der Waals surface area contributed by atoms with Crippen molar-refractivity contribution >= 4 is 11.5 Å². The molecule has 0 atom stereocenters. The predicted molar refractivity (Wildman–Crippen MR) is 76.0 cm³/mol. The minimum atomic E-state index is 0.502. The molecule has 6 heteroatoms. The molecule has 0 saturated carbocycles. The summed E-state index contributed by atoms with van der Waals surface area (Å²) in [6.45, 7) is 0.721. The lowest BCUT2D eigenvalue weighted by molar-refractivity contribution is 0.398. The highest BCUT2D eigenvalue weighted by Gasteiger charge is 2.05. The summed E-state index contributed by atoms with van der Waals surface area (Å²) in [6.07, 6.45) is 8.07. The summed E-state index contributed by atoms with van der Waals surface area (Å²) >= 11 is 0. The Morgan fingerprint density at radius 3 is 3.00 bits per heavy atom. The number of nitrogens with one attached hydrogen (secondary N) is 1. The van der Waals surface area contributed by atoms with E-state index in [1.54, 1.807) is 19.5 Å². The van der Waals surface area contributed by atoms with E-state index >= 15 is 0 Å². The van der Waals surface area contributed by atoms with Crippen LogP contribution in [0.4, 0.5) is 5.82 Å². The number of nitrogens with zero attached hydrogens (tertiary/aromatic N) is 4. The third-order valence-corrected chi connectivity index (χ3v) is 2.95. The molecule has 0 bridgehead atoms. The van der Waals surface area contributed by atoms with Gasteiger partial charge in [-0.3, -0.25) is 0 Å². The van der Waals surface area contributed by atoms with Gasteiger partial charge in [0.05, 0.1) is 12.8 Å². The fraction of sp³-hybridized carbons (Fsp3) is 0.214. The van der Waals surface area contributed by atoms with Gasteiger partial charge in [-0.1, -0.05) is 6.07 Å². The smallest absolute Gasteiger partial charge is 0.257 e. The van der Waals surface area contributed by atoms with Gasteiger partial charge < -0.3 is 14.5 Å². The van der Waals surface area contributed by atoms with Crippen molar-refractivity contribution in [3.05, 3.63) is 48.7 Å². The van der Waals surface area contributed by atoms with Gasteiger partial charge in [0.2, 0.25) is 0 Å². The topological polar surface area (TPSA) is 64.3 Å². The van der Waals surface area contributed by atoms with Gasteiger partial charge in [-0.05, 0) is 12.1 Å². The number of hydrogen-bond donors (Lipinski definition) is 1. The van der Waals surface area contributed by atoms with Crippen LogP contribution in [-0.2, 0) is 6.42 Å². The van der Waals surface area contributed by atoms with Crippen molar-refractivity contribution in [3.63, 3.8) is 0 Å². The molecule has 0 aliphatic heterocycles. The van der Waals surface area contributed by atoms with E-state index in [9.17, 15) is 0 Å². The van der Waals surface area contributed by atoms with E-state index in [1.165, 1.54) is 0 Å². The van der Waals surface area contributed by atoms with E-state index in [-0.39, 0.29) is 0 Å². The highest BCUT2D eigenvalue weighted by molar-refractivity contribution is 5.44. The van der Waals surface area contributed by atoms with E-state index in [4.69, 9.17) is 4.74 Å². The zero-order chi connectivity index (χ0) is 13.8. The van der Waals surface area contributed by atoms with Gasteiger partial charge >= 0.3 is 0 Å². The number of hydrogen-bond acceptors (Lipinski definition) is 5. The minimum absolute atomic E-state index is 0.502. The van der Waals surface area contributed by atoms with Crippen LogP contribution in [0.5, 0.6) is 5.88 Å². The van der Waals surface area contributed by atoms with Gasteiger partial charge in [0.1, 0.15) is 5.65 Å². The largest absolute Gasteiger partial charge is 0.478 e. The zero-order valence-electron chi connectivity index (χ0n) is 11.2. The van der Waals surface area contributed by atoms with E-state index in [2.05, 4.69) is 20.3 Å². The van der Waals surface area contributed by atoms with E-state index in [1.807, 2.05) is 35.0 Å². The molecule has 6 nitrogen and oxygen atoms in total. The Labute approximate surface area is 116 Å². The van der Waals surface area contributed by atoms with E-state index in [0.29, 0.717) is 11.7 Å². The second kappa shape index (κ2) is 5.56. The van der Waals surface area contributed by atoms with Crippen LogP contribution in [0.2, 0.25) is 0 Å². The first-order valence-electron chi connectivity index (χ1n) is 6.38. The number of pyridine rings is 1. The van der Waals surface area contributed by atoms with Gasteiger partial charge in [-0.15, -0.1) is 0 Å². The average molecular weight is 269 g/mol. The zero-order valence-corrected chi connectivity index (χ0v) is 11.2. The third-order valence-electron chi connectivity index (χ3n) is 2.95. The molecule has 102 valence electrons. The molecule has 3 aromatic rings. The fourth-order valence-corrected chi connectivity index (χ4v) is 2.01. The molecule has 0 aromatic carbocycles. The second-order valence-electron chi connectivity index (χ2n) is 4.29. The Morgan fingerprint density at radius 2 is 2.15 bits per heavy atom. The monoisotopic (exact) mass is 269 g/mol. The van der Waals surface area contributed by atoms with Crippen LogP contribution in [0.15, 0.2) is 43.0 Å². The fourth-order valence-electron chi connectivity index (χ4n) is 2.01. The summed E-state index contributed by atoms with van der Waals surface area (Å²) in [7, 11) is 1.58. The maximum absolute atomic E-state index is 5.14. The summed E-state index contributed by atoms with van der Waals surface area (Å²) in [5.74, 6) is 1.15. The molecule has 1 N–H and O–H groups in total. The maximum Gasteiger partial charge on any atom is 0.257 e. The van der Waals surface area contributed by atoms with Crippen LogP contribution >= 0.6 is 0 Å². The third kappa shape index (κ3) is 2.54. The number of fused-ring (bicyclic) bond motifs is 1. The summed E-state index contributed by atoms with van der Waals surface area (Å²) < 4.78 is 7.15. The van der Waals surface area contributed by atoms with Crippen LogP contribution < -0.4 is 10.1 Å². The van der Waals surface area contributed by atoms with Gasteiger partial charge in [0, 0.05) is 37.8 Å². The second-order valence-corrected chi connectivity index (χ2v) is 4.29. The highest BCUT2D eigenvalue weighted by Crippen LogP contribution is 2.16. The number of methoxy groups -OCH3 is 1. The predicted octanol–water partition coefficient (Wildman–Crippen LogP) is 1.79. The molecule has 0 unspecified atom stereocenters. The van der Waals surface area contributed by atoms with Gasteiger partial charge in [-0.2, -0.15) is 0 Å². The molecule has 0 aliphatic rings. The lowest BCUT2D eigenvalue weighted by atomic mass is 10.3. The van der Waals surface area contributed by atoms with Crippen LogP contribution in [0.3, 0.4) is 0 Å². The Hall–Kier alpha value is -2.63. The Bertz CT molecular complexity index is 676. The SMILES string of the molecule is COc1nccnc1NCCc1cn2ccccc2n1. The van der Waals surface area contributed by atoms with Crippen molar-refractivity contribution in [2.45, 2.75) is 6.42 Å². The first-order valence-corrected chi connectivity index (χ1v) is 6.38. The Morgan fingerprint density at radius 1 is 1.25 bits per heavy atom. The van der Waals surface area contributed by atoms with Gasteiger partial charge in [-0.25, -0.2) is 15.0 Å². The van der Waals surface area contributed by atoms with Crippen LogP contribution in [0.1, 0.15) is 5.69 Å². The molecule has 0 aliphatic carbocycles. The van der Waals surface area contributed by atoms with Crippen molar-refractivity contribution in [1.82, 2.24) is 19.4 Å². The summed E-state index contributed by atoms with van der Waals surface area (Å²) in [5.41, 5.74) is 1.99. The standard InChI is InChI=1S/C14H15N5O/c1-20-14-13(16-7-8-17-14)15-6-5-11-10-19-9-3-2-4-12(19)18-11/h2-4,7-10H,5-6H2,1H3,(H,15,16). The number of imidazole rings is 1. The lowest BCUT2D eigenvalue weighted by Gasteiger charge is -2.07. The first kappa shape index (κ1) is 12.4. The van der Waals surface area contributed by atoms with Crippen molar-refractivity contribution in [2.75, 3.05) is 19.0 Å². The number of aromatic nitrogens is 4. The van der Waals surface area contributed by atoms with E-state index in [0.717, 1.165) is 24.3 Å². The highest BCUT2D eigenvalue weighted by atomic mass is 16.5. The molecule has 0 fully saturated rings. The summed E-state index contributed by atoms with van der Waals surface area (Å²) in [4.78, 5) is 12.8. The number of rotatable bonds is 5. The molecule has 3 heterocycles. The minimum Gasteiger partial charge on any atom is -0.478 e. The van der Waals surface area contributed by atoms with Gasteiger partial charge in [0.15, 0.2) is 5.82 Å². The molecule has 3 aromatic heterocycles. The molecule has 0 spiro atoms. The molecular weight excluding hydrogens is 254 g/mol. The lowest BCUT2D eigenvalue weighted by Crippen LogP contribution is -2.08. The molecule has 3 rings (SSSR count). The number of anilines is 1. The van der Waals surface area contributed by atoms with E-state index < -0.39 is 0 Å². The van der Waals surface area contributed by atoms with Crippen molar-refractivity contribution in [3.8, 4) is 5.88 Å². The molecule has 0 radical (unpaired) electrons. The van der Waals surface area contributed by atoms with Crippen LogP contribution in [0.25, 0.3) is 5.65 Å². The van der Waals surface area contributed by atoms with Crippen molar-refractivity contribution < 1.29 is 4.74 Å². The number of ether oxygens (including phenoxy) is 1. The van der Waals surface area contributed by atoms with Crippen LogP contribution in [-0.4, -0.2) is 33.0 Å².